The number of aromatic carboxylic acids is 1. The van der Waals surface area contributed by atoms with E-state index in [4.69, 9.17) is 5.11 Å². The molecule has 1 saturated heterocycles. The summed E-state index contributed by atoms with van der Waals surface area (Å²) in [5, 5.41) is 12.2. The van der Waals surface area contributed by atoms with Crippen LogP contribution >= 0.6 is 0 Å². The molecule has 2 unspecified atom stereocenters. The number of hydrogen-bond acceptors (Lipinski definition) is 3. The Bertz CT molecular complexity index is 1380. The van der Waals surface area contributed by atoms with Gasteiger partial charge in [-0.2, -0.15) is 0 Å². The SMILES string of the molecule is CC1C2Cc3ccc(C(=O)NCCc4ccc(-c5ccc(C(=O)O)cc5)cc4)cc3[C@@]1(C)CCN2CC1CC1. The zero-order valence-corrected chi connectivity index (χ0v) is 23.0. The fraction of sp³-hybridized carbons (Fsp3) is 0.412. The van der Waals surface area contributed by atoms with Crippen LogP contribution < -0.4 is 5.32 Å². The Kier molecular flexibility index (Phi) is 6.80. The second-order valence-electron chi connectivity index (χ2n) is 12.1. The van der Waals surface area contributed by atoms with Crippen molar-refractivity contribution in [2.75, 3.05) is 19.6 Å². The van der Waals surface area contributed by atoms with Gasteiger partial charge < -0.3 is 10.4 Å². The smallest absolute Gasteiger partial charge is 0.335 e. The molecule has 1 aliphatic heterocycles. The molecular weight excluding hydrogens is 484 g/mol. The molecule has 2 fully saturated rings. The monoisotopic (exact) mass is 522 g/mol. The summed E-state index contributed by atoms with van der Waals surface area (Å²) >= 11 is 0. The standard InChI is InChI=1S/C34H38N2O3/c1-22-31-20-28-13-14-29(19-30(28)34(22,2)16-18-36(31)21-24-3-4-24)32(37)35-17-15-23-5-7-25(8-6-23)26-9-11-27(12-10-26)33(38)39/h5-14,19,22,24,31H,3-4,15-18,20-21H2,1-2H3,(H,35,37)(H,38,39)/t22?,31?,34-/m0/s1. The van der Waals surface area contributed by atoms with Gasteiger partial charge in [-0.05, 0) is 108 Å². The summed E-state index contributed by atoms with van der Waals surface area (Å²) in [6, 6.07) is 22.2. The summed E-state index contributed by atoms with van der Waals surface area (Å²) in [7, 11) is 0. The summed E-state index contributed by atoms with van der Waals surface area (Å²) < 4.78 is 0. The first-order valence-corrected chi connectivity index (χ1v) is 14.4. The molecule has 39 heavy (non-hydrogen) atoms. The molecule has 6 rings (SSSR count). The van der Waals surface area contributed by atoms with Crippen LogP contribution in [-0.4, -0.2) is 47.6 Å². The maximum absolute atomic E-state index is 13.1. The average molecular weight is 523 g/mol. The van der Waals surface area contributed by atoms with Gasteiger partial charge in [0.1, 0.15) is 0 Å². The van der Waals surface area contributed by atoms with E-state index < -0.39 is 5.97 Å². The molecule has 1 heterocycles. The van der Waals surface area contributed by atoms with E-state index in [1.165, 1.54) is 37.1 Å². The largest absolute Gasteiger partial charge is 0.478 e. The fourth-order valence-corrected chi connectivity index (χ4v) is 6.80. The minimum absolute atomic E-state index is 0.00233. The van der Waals surface area contributed by atoms with Crippen molar-refractivity contribution in [1.82, 2.24) is 10.2 Å². The lowest BCUT2D eigenvalue weighted by Gasteiger charge is -2.55. The van der Waals surface area contributed by atoms with Crippen molar-refractivity contribution in [2.24, 2.45) is 11.8 Å². The quantitative estimate of drug-likeness (QED) is 0.383. The summed E-state index contributed by atoms with van der Waals surface area (Å²) in [5.74, 6) is 0.590. The van der Waals surface area contributed by atoms with Crippen LogP contribution in [0.5, 0.6) is 0 Å². The predicted octanol–water partition coefficient (Wildman–Crippen LogP) is 5.96. The van der Waals surface area contributed by atoms with Gasteiger partial charge >= 0.3 is 5.97 Å². The number of nitrogens with one attached hydrogen (secondary N) is 1. The van der Waals surface area contributed by atoms with Gasteiger partial charge in [-0.25, -0.2) is 4.79 Å². The van der Waals surface area contributed by atoms with Crippen molar-refractivity contribution in [3.8, 4) is 11.1 Å². The Morgan fingerprint density at radius 3 is 2.31 bits per heavy atom. The van der Waals surface area contributed by atoms with Crippen LogP contribution in [-0.2, 0) is 18.3 Å². The van der Waals surface area contributed by atoms with E-state index in [1.807, 2.05) is 30.3 Å². The lowest BCUT2D eigenvalue weighted by atomic mass is 9.59. The Morgan fingerprint density at radius 1 is 0.974 bits per heavy atom. The first-order chi connectivity index (χ1) is 18.8. The average Bonchev–Trinajstić information content (AvgIpc) is 3.77. The highest BCUT2D eigenvalue weighted by Crippen LogP contribution is 2.49. The molecule has 2 N–H and O–H groups in total. The number of rotatable bonds is 8. The zero-order valence-electron chi connectivity index (χ0n) is 23.0. The Labute approximate surface area is 231 Å². The third kappa shape index (κ3) is 5.12. The maximum Gasteiger partial charge on any atom is 0.335 e. The molecule has 2 aliphatic carbocycles. The Balaban J connectivity index is 1.07. The summed E-state index contributed by atoms with van der Waals surface area (Å²) in [4.78, 5) is 26.9. The lowest BCUT2D eigenvalue weighted by Crippen LogP contribution is -2.58. The van der Waals surface area contributed by atoms with Crippen molar-refractivity contribution in [3.05, 3.63) is 94.5 Å². The van der Waals surface area contributed by atoms with Gasteiger partial charge in [0.2, 0.25) is 0 Å². The number of carboxylic acids is 1. The first kappa shape index (κ1) is 25.8. The van der Waals surface area contributed by atoms with E-state index in [2.05, 4.69) is 48.3 Å². The maximum atomic E-state index is 13.1. The number of carboxylic acid groups (broad SMARTS) is 1. The minimum Gasteiger partial charge on any atom is -0.478 e. The van der Waals surface area contributed by atoms with Crippen molar-refractivity contribution < 1.29 is 14.7 Å². The number of carbonyl (C=O) groups is 2. The van der Waals surface area contributed by atoms with Crippen LogP contribution in [0.1, 0.15) is 70.5 Å². The number of hydrogen-bond donors (Lipinski definition) is 2. The lowest BCUT2D eigenvalue weighted by molar-refractivity contribution is 0.0284. The van der Waals surface area contributed by atoms with Crippen LogP contribution in [0.4, 0.5) is 0 Å². The molecule has 0 aromatic heterocycles. The minimum atomic E-state index is -0.920. The van der Waals surface area contributed by atoms with Gasteiger partial charge in [0.05, 0.1) is 5.56 Å². The number of benzene rings is 3. The van der Waals surface area contributed by atoms with Crippen molar-refractivity contribution >= 4 is 11.9 Å². The molecule has 1 saturated carbocycles. The van der Waals surface area contributed by atoms with E-state index in [1.54, 1.807) is 12.1 Å². The van der Waals surface area contributed by atoms with Gasteiger partial charge in [-0.3, -0.25) is 9.69 Å². The number of carbonyl (C=O) groups excluding carboxylic acids is 1. The van der Waals surface area contributed by atoms with Gasteiger partial charge in [0.25, 0.3) is 5.91 Å². The van der Waals surface area contributed by atoms with E-state index in [9.17, 15) is 9.59 Å². The molecule has 0 radical (unpaired) electrons. The second kappa shape index (κ2) is 10.3. The topological polar surface area (TPSA) is 69.6 Å². The van der Waals surface area contributed by atoms with Crippen LogP contribution in [0.3, 0.4) is 0 Å². The third-order valence-corrected chi connectivity index (χ3v) is 9.69. The molecule has 5 heteroatoms. The van der Waals surface area contributed by atoms with Crippen molar-refractivity contribution in [1.29, 1.82) is 0 Å². The van der Waals surface area contributed by atoms with Crippen LogP contribution in [0, 0.1) is 11.8 Å². The predicted molar refractivity (Wildman–Crippen MR) is 154 cm³/mol. The highest BCUT2D eigenvalue weighted by molar-refractivity contribution is 5.94. The number of likely N-dealkylation sites (tertiary alicyclic amines) is 1. The third-order valence-electron chi connectivity index (χ3n) is 9.69. The van der Waals surface area contributed by atoms with Gasteiger partial charge in [0.15, 0.2) is 0 Å². The molecule has 0 spiro atoms. The molecule has 3 aromatic carbocycles. The van der Waals surface area contributed by atoms with Crippen LogP contribution in [0.25, 0.3) is 11.1 Å². The highest BCUT2D eigenvalue weighted by atomic mass is 16.4. The number of piperidine rings is 1. The van der Waals surface area contributed by atoms with Gasteiger partial charge in [0, 0.05) is 24.7 Å². The summed E-state index contributed by atoms with van der Waals surface area (Å²) in [5.41, 5.74) is 7.16. The molecule has 3 aromatic rings. The molecular formula is C34H38N2O3. The van der Waals surface area contributed by atoms with Crippen LogP contribution in [0.2, 0.25) is 0 Å². The molecule has 3 atom stereocenters. The normalized spacial score (nSPS) is 24.2. The molecule has 2 bridgehead atoms. The van der Waals surface area contributed by atoms with Crippen molar-refractivity contribution in [3.63, 3.8) is 0 Å². The number of fused-ring (bicyclic) bond motifs is 4. The summed E-state index contributed by atoms with van der Waals surface area (Å²) in [6.45, 7) is 7.86. The number of nitrogens with zero attached hydrogens (tertiary/aromatic N) is 1. The van der Waals surface area contributed by atoms with Crippen molar-refractivity contribution in [2.45, 2.75) is 57.4 Å². The van der Waals surface area contributed by atoms with E-state index in [0.29, 0.717) is 18.5 Å². The van der Waals surface area contributed by atoms with E-state index >= 15 is 0 Å². The number of amides is 1. The van der Waals surface area contributed by atoms with E-state index in [-0.39, 0.29) is 16.9 Å². The summed E-state index contributed by atoms with van der Waals surface area (Å²) in [6.07, 6.45) is 5.82. The molecule has 5 nitrogen and oxygen atoms in total. The molecule has 1 amide bonds. The molecule has 3 aliphatic rings. The second-order valence-corrected chi connectivity index (χ2v) is 12.1. The Hall–Kier alpha value is -3.44. The Morgan fingerprint density at radius 2 is 1.64 bits per heavy atom. The zero-order chi connectivity index (χ0) is 27.1. The van der Waals surface area contributed by atoms with Gasteiger partial charge in [-0.1, -0.05) is 56.3 Å². The van der Waals surface area contributed by atoms with Gasteiger partial charge in [-0.15, -0.1) is 0 Å². The van der Waals surface area contributed by atoms with Crippen LogP contribution in [0.15, 0.2) is 66.7 Å². The molecule has 202 valence electrons. The fourth-order valence-electron chi connectivity index (χ4n) is 6.80. The highest BCUT2D eigenvalue weighted by Gasteiger charge is 2.49. The van der Waals surface area contributed by atoms with E-state index in [0.717, 1.165) is 47.4 Å². The first-order valence-electron chi connectivity index (χ1n) is 14.4.